The van der Waals surface area contributed by atoms with E-state index >= 15 is 0 Å². The Labute approximate surface area is 205 Å². The van der Waals surface area contributed by atoms with Crippen LogP contribution in [0.25, 0.3) is 0 Å². The molecular weight excluding hydrogens is 454 g/mol. The van der Waals surface area contributed by atoms with Crippen LogP contribution in [0.4, 0.5) is 10.5 Å². The summed E-state index contributed by atoms with van der Waals surface area (Å²) in [6.07, 6.45) is 3.32. The number of amides is 6. The van der Waals surface area contributed by atoms with Crippen molar-refractivity contribution in [1.82, 2.24) is 15.5 Å². The topological polar surface area (TPSA) is 151 Å². The van der Waals surface area contributed by atoms with Gasteiger partial charge in [-0.05, 0) is 43.5 Å². The van der Waals surface area contributed by atoms with Crippen molar-refractivity contribution in [2.24, 2.45) is 5.73 Å². The van der Waals surface area contributed by atoms with Crippen LogP contribution in [0.2, 0.25) is 0 Å². The third-order valence-electron chi connectivity index (χ3n) is 5.39. The van der Waals surface area contributed by atoms with E-state index in [9.17, 15) is 24.0 Å². The predicted molar refractivity (Wildman–Crippen MR) is 129 cm³/mol. The molecule has 4 N–H and O–H groups in total. The largest absolute Gasteiger partial charge is 0.362 e. The van der Waals surface area contributed by atoms with E-state index in [4.69, 9.17) is 10.5 Å². The van der Waals surface area contributed by atoms with Gasteiger partial charge in [-0.3, -0.25) is 24.1 Å². The van der Waals surface area contributed by atoms with E-state index in [1.54, 1.807) is 24.3 Å². The van der Waals surface area contributed by atoms with Crippen molar-refractivity contribution in [3.63, 3.8) is 0 Å². The van der Waals surface area contributed by atoms with Crippen LogP contribution in [-0.4, -0.2) is 74.0 Å². The summed E-state index contributed by atoms with van der Waals surface area (Å²) in [4.78, 5) is 63.0. The van der Waals surface area contributed by atoms with Gasteiger partial charge in [-0.25, -0.2) is 9.69 Å². The minimum absolute atomic E-state index is 0.149. The maximum absolute atomic E-state index is 12.8. The lowest BCUT2D eigenvalue weighted by molar-refractivity contribution is -0.152. The lowest BCUT2D eigenvalue weighted by Crippen LogP contribution is -2.47. The molecule has 0 atom stereocenters. The molecule has 11 nitrogen and oxygen atoms in total. The number of β-lactam (4-membered cyclic amide) rings is 1. The van der Waals surface area contributed by atoms with Crippen molar-refractivity contribution < 1.29 is 28.7 Å². The number of carbonyl (C=O) groups is 5. The molecule has 2 rings (SSSR count). The highest BCUT2D eigenvalue weighted by molar-refractivity contribution is 6.14. The highest BCUT2D eigenvalue weighted by atomic mass is 16.5. The fourth-order valence-corrected chi connectivity index (χ4v) is 3.28. The van der Waals surface area contributed by atoms with Gasteiger partial charge in [-0.2, -0.15) is 0 Å². The normalized spacial score (nSPS) is 12.6. The monoisotopic (exact) mass is 489 g/mol. The number of nitrogens with zero attached hydrogens (tertiary/aromatic N) is 2. The number of ether oxygens (including phenoxy) is 1. The summed E-state index contributed by atoms with van der Waals surface area (Å²) in [6, 6.07) is 6.10. The predicted octanol–water partition coefficient (Wildman–Crippen LogP) is 0.702. The number of hydrogen-bond acceptors (Lipinski definition) is 7. The summed E-state index contributed by atoms with van der Waals surface area (Å²) < 4.78 is 5.22. The van der Waals surface area contributed by atoms with Crippen molar-refractivity contribution >= 4 is 35.3 Å². The Hall–Kier alpha value is -3.31. The zero-order valence-electron chi connectivity index (χ0n) is 20.2. The summed E-state index contributed by atoms with van der Waals surface area (Å²) >= 11 is 0. The number of nitrogens with two attached hydrogens (primary N) is 1. The van der Waals surface area contributed by atoms with E-state index in [0.717, 1.165) is 23.3 Å². The molecule has 1 heterocycles. The summed E-state index contributed by atoms with van der Waals surface area (Å²) in [5.41, 5.74) is 6.55. The summed E-state index contributed by atoms with van der Waals surface area (Å²) in [5.74, 6) is -1.34. The minimum atomic E-state index is -0.618. The van der Waals surface area contributed by atoms with E-state index in [1.807, 2.05) is 6.92 Å². The number of benzene rings is 1. The third-order valence-corrected chi connectivity index (χ3v) is 5.39. The third kappa shape index (κ3) is 9.10. The molecule has 1 aromatic rings. The van der Waals surface area contributed by atoms with Gasteiger partial charge in [0, 0.05) is 32.5 Å². The van der Waals surface area contributed by atoms with Crippen LogP contribution >= 0.6 is 0 Å². The first-order chi connectivity index (χ1) is 16.9. The second-order valence-electron chi connectivity index (χ2n) is 8.16. The van der Waals surface area contributed by atoms with Gasteiger partial charge in [-0.15, -0.1) is 0 Å². The number of anilines is 1. The number of unbranched alkanes of at least 4 members (excludes halogenated alkanes) is 1. The number of imide groups is 2. The Balaban J connectivity index is 1.96. The van der Waals surface area contributed by atoms with Crippen LogP contribution in [0.1, 0.15) is 44.6 Å². The zero-order chi connectivity index (χ0) is 25.6. The first-order valence-corrected chi connectivity index (χ1v) is 11.9. The second-order valence-corrected chi connectivity index (χ2v) is 8.16. The fourth-order valence-electron chi connectivity index (χ4n) is 3.28. The minimum Gasteiger partial charge on any atom is -0.362 e. The molecule has 1 aliphatic rings. The maximum atomic E-state index is 12.8. The van der Waals surface area contributed by atoms with Gasteiger partial charge in [0.1, 0.15) is 13.2 Å². The number of aryl methyl sites for hydroxylation is 1. The van der Waals surface area contributed by atoms with Gasteiger partial charge in [0.15, 0.2) is 0 Å². The van der Waals surface area contributed by atoms with Crippen molar-refractivity contribution in [1.29, 1.82) is 0 Å². The molecule has 0 aromatic heterocycles. The molecule has 1 aromatic carbocycles. The number of likely N-dealkylation sites (tertiary alicyclic amines) is 1. The molecule has 35 heavy (non-hydrogen) atoms. The number of hydrogen-bond donors (Lipinski definition) is 3. The van der Waals surface area contributed by atoms with Crippen LogP contribution < -0.4 is 21.3 Å². The van der Waals surface area contributed by atoms with Crippen LogP contribution in [0.15, 0.2) is 24.3 Å². The average Bonchev–Trinajstić information content (AvgIpc) is 2.83. The van der Waals surface area contributed by atoms with E-state index in [-0.39, 0.29) is 30.7 Å². The van der Waals surface area contributed by atoms with E-state index < -0.39 is 18.5 Å². The SMILES string of the molecule is CCCCNC(=O)N(C(=O)COCC(=O)NCCCN)c1ccc(CCC(=O)N2CCC2=O)cc1. The average molecular weight is 490 g/mol. The molecule has 0 bridgehead atoms. The van der Waals surface area contributed by atoms with Gasteiger partial charge >= 0.3 is 6.03 Å². The zero-order valence-corrected chi connectivity index (χ0v) is 20.2. The van der Waals surface area contributed by atoms with Gasteiger partial charge < -0.3 is 21.1 Å². The Kier molecular flexibility index (Phi) is 11.8. The Morgan fingerprint density at radius 3 is 2.37 bits per heavy atom. The van der Waals surface area contributed by atoms with Crippen LogP contribution in [0, 0.1) is 0 Å². The van der Waals surface area contributed by atoms with Crippen LogP contribution in [-0.2, 0) is 30.3 Å². The number of carbonyl (C=O) groups excluding carboxylic acids is 5. The second kappa shape index (κ2) is 14.8. The molecule has 0 unspecified atom stereocenters. The van der Waals surface area contributed by atoms with E-state index in [1.165, 1.54) is 4.90 Å². The lowest BCUT2D eigenvalue weighted by atomic mass is 10.1. The van der Waals surface area contributed by atoms with Gasteiger partial charge in [0.2, 0.25) is 17.7 Å². The van der Waals surface area contributed by atoms with Crippen molar-refractivity contribution in [3.8, 4) is 0 Å². The van der Waals surface area contributed by atoms with Gasteiger partial charge in [-0.1, -0.05) is 25.5 Å². The van der Waals surface area contributed by atoms with Gasteiger partial charge in [0.05, 0.1) is 5.69 Å². The molecule has 6 amide bonds. The molecule has 0 radical (unpaired) electrons. The lowest BCUT2D eigenvalue weighted by Gasteiger charge is -2.28. The molecule has 0 spiro atoms. The quantitative estimate of drug-likeness (QED) is 0.257. The highest BCUT2D eigenvalue weighted by Gasteiger charge is 2.29. The molecule has 1 saturated heterocycles. The molecule has 11 heteroatoms. The summed E-state index contributed by atoms with van der Waals surface area (Å²) in [6.45, 7) is 2.99. The number of rotatable bonds is 14. The molecule has 1 fully saturated rings. The maximum Gasteiger partial charge on any atom is 0.328 e. The standard InChI is InChI=1S/C24H35N5O6/c1-2-3-13-27-24(34)29(23(33)17-35-16-20(30)26-14-4-12-25)19-8-5-18(6-9-19)7-10-21(31)28-15-11-22(28)32/h5-6,8-9H,2-4,7,10-17,25H2,1H3,(H,26,30)(H,27,34). The molecule has 0 saturated carbocycles. The molecule has 192 valence electrons. The van der Waals surface area contributed by atoms with E-state index in [2.05, 4.69) is 10.6 Å². The molecule has 1 aliphatic heterocycles. The number of urea groups is 1. The van der Waals surface area contributed by atoms with Crippen molar-refractivity contribution in [3.05, 3.63) is 29.8 Å². The first kappa shape index (κ1) is 27.9. The van der Waals surface area contributed by atoms with Crippen LogP contribution in [0.5, 0.6) is 0 Å². The van der Waals surface area contributed by atoms with Crippen LogP contribution in [0.3, 0.4) is 0 Å². The smallest absolute Gasteiger partial charge is 0.328 e. The Morgan fingerprint density at radius 2 is 1.77 bits per heavy atom. The molecule has 0 aliphatic carbocycles. The highest BCUT2D eigenvalue weighted by Crippen LogP contribution is 2.18. The number of nitrogens with one attached hydrogen (secondary N) is 2. The summed E-state index contributed by atoms with van der Waals surface area (Å²) in [5, 5.41) is 5.34. The van der Waals surface area contributed by atoms with Crippen molar-refractivity contribution in [2.75, 3.05) is 44.3 Å². The van der Waals surface area contributed by atoms with Crippen molar-refractivity contribution in [2.45, 2.75) is 45.4 Å². The first-order valence-electron chi connectivity index (χ1n) is 11.9. The van der Waals surface area contributed by atoms with Gasteiger partial charge in [0.25, 0.3) is 5.91 Å². The molecular formula is C24H35N5O6. The van der Waals surface area contributed by atoms with E-state index in [0.29, 0.717) is 51.1 Å². The summed E-state index contributed by atoms with van der Waals surface area (Å²) in [7, 11) is 0. The Bertz CT molecular complexity index is 889. The Morgan fingerprint density at radius 1 is 1.06 bits per heavy atom. The fraction of sp³-hybridized carbons (Fsp3) is 0.542.